The van der Waals surface area contributed by atoms with Crippen LogP contribution in [-0.2, 0) is 0 Å². The van der Waals surface area contributed by atoms with Crippen LogP contribution in [0.5, 0.6) is 0 Å². The molecule has 1 saturated heterocycles. The summed E-state index contributed by atoms with van der Waals surface area (Å²) >= 11 is 1.84. The van der Waals surface area contributed by atoms with Crippen molar-refractivity contribution in [1.82, 2.24) is 10.2 Å². The van der Waals surface area contributed by atoms with Crippen molar-refractivity contribution in [2.75, 3.05) is 25.9 Å². The highest BCUT2D eigenvalue weighted by atomic mass is 32.2. The number of aliphatic imine (C=N–C) groups is 1. The molecule has 0 aromatic rings. The summed E-state index contributed by atoms with van der Waals surface area (Å²) in [5.41, 5.74) is 0. The molecule has 0 spiro atoms. The maximum atomic E-state index is 4.55. The van der Waals surface area contributed by atoms with Crippen LogP contribution in [-0.4, -0.2) is 48.0 Å². The van der Waals surface area contributed by atoms with Crippen molar-refractivity contribution in [2.24, 2.45) is 4.99 Å². The Bertz CT molecular complexity index is 216. The molecular formula is C11H23N3S. The lowest BCUT2D eigenvalue weighted by atomic mass is 10.3. The summed E-state index contributed by atoms with van der Waals surface area (Å²) in [6.07, 6.45) is 1.15. The average molecular weight is 229 g/mol. The van der Waals surface area contributed by atoms with Crippen LogP contribution in [0.4, 0.5) is 0 Å². The molecule has 0 bridgehead atoms. The second kappa shape index (κ2) is 6.38. The van der Waals surface area contributed by atoms with Crippen LogP contribution in [0, 0.1) is 0 Å². The molecule has 88 valence electrons. The minimum Gasteiger partial charge on any atom is -0.362 e. The van der Waals surface area contributed by atoms with Gasteiger partial charge in [0, 0.05) is 24.4 Å². The molecule has 0 aliphatic carbocycles. The van der Waals surface area contributed by atoms with Crippen molar-refractivity contribution in [3.05, 3.63) is 0 Å². The fraction of sp³-hybridized carbons (Fsp3) is 0.909. The lowest BCUT2D eigenvalue weighted by Gasteiger charge is -2.20. The molecule has 3 nitrogen and oxygen atoms in total. The number of nitrogens with zero attached hydrogens (tertiary/aromatic N) is 2. The summed E-state index contributed by atoms with van der Waals surface area (Å²) in [5.74, 6) is 1.16. The molecule has 1 aliphatic heterocycles. The first kappa shape index (κ1) is 12.8. The Morgan fingerprint density at radius 2 is 2.33 bits per heavy atom. The summed E-state index contributed by atoms with van der Waals surface area (Å²) in [6, 6.07) is 1.23. The Kier molecular flexibility index (Phi) is 5.47. The lowest BCUT2D eigenvalue weighted by molar-refractivity contribution is 0.272. The standard InChI is InChI=1S/C11H23N3S/c1-9(2)14(4)7-5-6-12-11-13-10(3)8-15-11/h9-10H,5-8H2,1-4H3,(H,12,13). The summed E-state index contributed by atoms with van der Waals surface area (Å²) in [4.78, 5) is 6.91. The maximum Gasteiger partial charge on any atom is 0.156 e. The highest BCUT2D eigenvalue weighted by molar-refractivity contribution is 8.14. The molecule has 1 N–H and O–H groups in total. The van der Waals surface area contributed by atoms with Gasteiger partial charge in [0.05, 0.1) is 0 Å². The second-order valence-corrected chi connectivity index (χ2v) is 5.48. The summed E-state index contributed by atoms with van der Waals surface area (Å²) in [5, 5.41) is 4.50. The molecule has 0 saturated carbocycles. The van der Waals surface area contributed by atoms with Gasteiger partial charge in [0.2, 0.25) is 0 Å². The zero-order chi connectivity index (χ0) is 11.3. The van der Waals surface area contributed by atoms with Gasteiger partial charge in [0.25, 0.3) is 0 Å². The summed E-state index contributed by atoms with van der Waals surface area (Å²) in [6.45, 7) is 8.72. The van der Waals surface area contributed by atoms with Crippen LogP contribution in [0.1, 0.15) is 27.2 Å². The van der Waals surface area contributed by atoms with Crippen molar-refractivity contribution in [3.8, 4) is 0 Å². The molecular weight excluding hydrogens is 206 g/mol. The Balaban J connectivity index is 2.11. The smallest absolute Gasteiger partial charge is 0.156 e. The SMILES string of the molecule is CC1CSC(=NCCCN(C)C(C)C)N1. The van der Waals surface area contributed by atoms with Crippen molar-refractivity contribution >= 4 is 16.9 Å². The van der Waals surface area contributed by atoms with Gasteiger partial charge in [-0.25, -0.2) is 0 Å². The number of nitrogens with one attached hydrogen (secondary N) is 1. The van der Waals surface area contributed by atoms with Gasteiger partial charge in [-0.05, 0) is 40.8 Å². The van der Waals surface area contributed by atoms with E-state index in [0.717, 1.165) is 30.4 Å². The molecule has 0 radical (unpaired) electrons. The second-order valence-electron chi connectivity index (χ2n) is 4.47. The quantitative estimate of drug-likeness (QED) is 0.729. The summed E-state index contributed by atoms with van der Waals surface area (Å²) in [7, 11) is 2.17. The van der Waals surface area contributed by atoms with E-state index in [1.807, 2.05) is 11.8 Å². The van der Waals surface area contributed by atoms with Gasteiger partial charge >= 0.3 is 0 Å². The first-order valence-electron chi connectivity index (χ1n) is 5.73. The van der Waals surface area contributed by atoms with Crippen LogP contribution in [0.15, 0.2) is 4.99 Å². The van der Waals surface area contributed by atoms with Crippen LogP contribution in [0.3, 0.4) is 0 Å². The third kappa shape index (κ3) is 4.89. The average Bonchev–Trinajstić information content (AvgIpc) is 2.58. The van der Waals surface area contributed by atoms with Crippen molar-refractivity contribution in [2.45, 2.75) is 39.3 Å². The van der Waals surface area contributed by atoms with Gasteiger partial charge in [-0.3, -0.25) is 4.99 Å². The largest absolute Gasteiger partial charge is 0.362 e. The van der Waals surface area contributed by atoms with E-state index in [9.17, 15) is 0 Å². The first-order valence-corrected chi connectivity index (χ1v) is 6.72. The molecule has 4 heteroatoms. The van der Waals surface area contributed by atoms with Crippen molar-refractivity contribution in [3.63, 3.8) is 0 Å². The van der Waals surface area contributed by atoms with Crippen LogP contribution < -0.4 is 5.32 Å². The number of amidine groups is 1. The van der Waals surface area contributed by atoms with E-state index in [-0.39, 0.29) is 0 Å². The van der Waals surface area contributed by atoms with E-state index in [4.69, 9.17) is 0 Å². The lowest BCUT2D eigenvalue weighted by Crippen LogP contribution is -2.28. The molecule has 1 atom stereocenters. The van der Waals surface area contributed by atoms with Gasteiger partial charge in [0.1, 0.15) is 0 Å². The Morgan fingerprint density at radius 1 is 1.60 bits per heavy atom. The molecule has 1 rings (SSSR count). The molecule has 1 heterocycles. The van der Waals surface area contributed by atoms with Crippen LogP contribution >= 0.6 is 11.8 Å². The van der Waals surface area contributed by atoms with Gasteiger partial charge in [-0.15, -0.1) is 0 Å². The highest BCUT2D eigenvalue weighted by Gasteiger charge is 2.14. The monoisotopic (exact) mass is 229 g/mol. The third-order valence-electron chi connectivity index (χ3n) is 2.65. The molecule has 1 aliphatic rings. The fourth-order valence-corrected chi connectivity index (χ4v) is 2.31. The molecule has 0 aromatic heterocycles. The molecule has 1 unspecified atom stereocenters. The van der Waals surface area contributed by atoms with E-state index < -0.39 is 0 Å². The zero-order valence-electron chi connectivity index (χ0n) is 10.3. The molecule has 0 amide bonds. The number of rotatable bonds is 5. The third-order valence-corrected chi connectivity index (χ3v) is 3.83. The fourth-order valence-electron chi connectivity index (χ4n) is 1.35. The van der Waals surface area contributed by atoms with Gasteiger partial charge < -0.3 is 10.2 Å². The van der Waals surface area contributed by atoms with Gasteiger partial charge in [-0.2, -0.15) is 0 Å². The molecule has 0 aromatic carbocycles. The maximum absolute atomic E-state index is 4.55. The molecule has 1 fully saturated rings. The van der Waals surface area contributed by atoms with E-state index in [1.54, 1.807) is 0 Å². The van der Waals surface area contributed by atoms with E-state index in [1.165, 1.54) is 0 Å². The Hall–Kier alpha value is -0.220. The first-order chi connectivity index (χ1) is 7.09. The highest BCUT2D eigenvalue weighted by Crippen LogP contribution is 2.12. The van der Waals surface area contributed by atoms with Gasteiger partial charge in [-0.1, -0.05) is 11.8 Å². The Labute approximate surface area is 97.7 Å². The predicted molar refractivity (Wildman–Crippen MR) is 69.7 cm³/mol. The number of thioether (sulfide) groups is 1. The number of hydrogen-bond acceptors (Lipinski definition) is 3. The predicted octanol–water partition coefficient (Wildman–Crippen LogP) is 1.80. The van der Waals surface area contributed by atoms with E-state index in [2.05, 4.69) is 43.0 Å². The molecule has 15 heavy (non-hydrogen) atoms. The topological polar surface area (TPSA) is 27.6 Å². The zero-order valence-corrected chi connectivity index (χ0v) is 11.1. The van der Waals surface area contributed by atoms with E-state index in [0.29, 0.717) is 12.1 Å². The summed E-state index contributed by atoms with van der Waals surface area (Å²) < 4.78 is 0. The minimum absolute atomic E-state index is 0.590. The minimum atomic E-state index is 0.590. The number of hydrogen-bond donors (Lipinski definition) is 1. The van der Waals surface area contributed by atoms with Crippen LogP contribution in [0.25, 0.3) is 0 Å². The van der Waals surface area contributed by atoms with Crippen molar-refractivity contribution in [1.29, 1.82) is 0 Å². The normalized spacial score (nSPS) is 24.1. The van der Waals surface area contributed by atoms with Crippen LogP contribution in [0.2, 0.25) is 0 Å². The van der Waals surface area contributed by atoms with Crippen molar-refractivity contribution < 1.29 is 0 Å². The van der Waals surface area contributed by atoms with E-state index >= 15 is 0 Å². The Morgan fingerprint density at radius 3 is 2.87 bits per heavy atom. The van der Waals surface area contributed by atoms with Gasteiger partial charge in [0.15, 0.2) is 5.17 Å².